The van der Waals surface area contributed by atoms with Gasteiger partial charge in [0.2, 0.25) is 5.78 Å². The quantitative estimate of drug-likeness (QED) is 0.601. The molecule has 3 aromatic rings. The molecular weight excluding hydrogens is 413 g/mol. The number of halogens is 2. The van der Waals surface area contributed by atoms with Gasteiger partial charge in [-0.3, -0.25) is 9.89 Å². The Balaban J connectivity index is 1.55. The number of nitrogens with zero attached hydrogens (tertiary/aromatic N) is 3. The highest BCUT2D eigenvalue weighted by molar-refractivity contribution is 6.36. The second kappa shape index (κ2) is 8.06. The van der Waals surface area contributed by atoms with Crippen molar-refractivity contribution < 1.29 is 9.59 Å². The van der Waals surface area contributed by atoms with Crippen LogP contribution in [0.3, 0.4) is 0 Å². The third kappa shape index (κ3) is 4.01. The standard InChI is InChI=1S/C20H15Cl2N5O2/c21-16-10-14(27-20(29)23-7-8-25-27)11-17(22)15(16)9-12-1-3-13(4-2-12)19(28)18-5-6-24-26-18/h1-6,8,10-11H,7,9H2,(H,23,29)(H,24,26). The minimum atomic E-state index is -0.343. The molecule has 0 aliphatic carbocycles. The number of carbonyl (C=O) groups is 2. The first-order valence-corrected chi connectivity index (χ1v) is 9.50. The Kier molecular flexibility index (Phi) is 5.33. The molecule has 0 fully saturated rings. The maximum atomic E-state index is 12.3. The first-order chi connectivity index (χ1) is 14.0. The highest BCUT2D eigenvalue weighted by Gasteiger charge is 2.20. The SMILES string of the molecule is O=C(c1ccc(Cc2c(Cl)cc(N3N=CCNC3=O)cc2Cl)cc1)c1cc[nH]n1. The zero-order chi connectivity index (χ0) is 20.4. The number of hydrogen-bond donors (Lipinski definition) is 2. The second-order valence-corrected chi connectivity index (χ2v) is 7.16. The minimum Gasteiger partial charge on any atom is -0.331 e. The van der Waals surface area contributed by atoms with Gasteiger partial charge in [0.15, 0.2) is 0 Å². The van der Waals surface area contributed by atoms with E-state index >= 15 is 0 Å². The molecule has 2 N–H and O–H groups in total. The van der Waals surface area contributed by atoms with Crippen LogP contribution in [-0.4, -0.2) is 34.8 Å². The summed E-state index contributed by atoms with van der Waals surface area (Å²) in [7, 11) is 0. The molecule has 0 bridgehead atoms. The topological polar surface area (TPSA) is 90.5 Å². The monoisotopic (exact) mass is 427 g/mol. The van der Waals surface area contributed by atoms with Gasteiger partial charge in [0.25, 0.3) is 0 Å². The van der Waals surface area contributed by atoms with Crippen molar-refractivity contribution in [2.75, 3.05) is 11.6 Å². The fourth-order valence-electron chi connectivity index (χ4n) is 2.96. The first-order valence-electron chi connectivity index (χ1n) is 8.74. The number of benzene rings is 2. The van der Waals surface area contributed by atoms with Crippen LogP contribution in [0.5, 0.6) is 0 Å². The van der Waals surface area contributed by atoms with Crippen LogP contribution in [0.1, 0.15) is 27.2 Å². The van der Waals surface area contributed by atoms with Crippen molar-refractivity contribution in [1.29, 1.82) is 0 Å². The minimum absolute atomic E-state index is 0.154. The molecule has 0 radical (unpaired) electrons. The van der Waals surface area contributed by atoms with E-state index in [1.54, 1.807) is 42.7 Å². The summed E-state index contributed by atoms with van der Waals surface area (Å²) in [5.74, 6) is -0.154. The highest BCUT2D eigenvalue weighted by atomic mass is 35.5. The number of hydrazone groups is 1. The second-order valence-electron chi connectivity index (χ2n) is 6.35. The van der Waals surface area contributed by atoms with Crippen LogP contribution in [0.4, 0.5) is 10.5 Å². The molecule has 0 atom stereocenters. The lowest BCUT2D eigenvalue weighted by Crippen LogP contribution is -2.41. The van der Waals surface area contributed by atoms with Crippen molar-refractivity contribution in [2.45, 2.75) is 6.42 Å². The van der Waals surface area contributed by atoms with Crippen molar-refractivity contribution in [3.63, 3.8) is 0 Å². The van der Waals surface area contributed by atoms with Crippen molar-refractivity contribution in [2.24, 2.45) is 5.10 Å². The van der Waals surface area contributed by atoms with Crippen LogP contribution in [0.15, 0.2) is 53.8 Å². The van der Waals surface area contributed by atoms with Gasteiger partial charge in [0.1, 0.15) is 5.69 Å². The van der Waals surface area contributed by atoms with Gasteiger partial charge in [-0.15, -0.1) is 0 Å². The summed E-state index contributed by atoms with van der Waals surface area (Å²) < 4.78 is 0. The number of anilines is 1. The summed E-state index contributed by atoms with van der Waals surface area (Å²) in [5.41, 5.74) is 3.06. The van der Waals surface area contributed by atoms with Crippen LogP contribution in [-0.2, 0) is 6.42 Å². The summed E-state index contributed by atoms with van der Waals surface area (Å²) in [5, 5.41) is 15.3. The van der Waals surface area contributed by atoms with E-state index < -0.39 is 0 Å². The predicted molar refractivity (Wildman–Crippen MR) is 112 cm³/mol. The maximum Gasteiger partial charge on any atom is 0.342 e. The van der Waals surface area contributed by atoms with Gasteiger partial charge < -0.3 is 5.32 Å². The van der Waals surface area contributed by atoms with E-state index in [1.165, 1.54) is 5.01 Å². The number of rotatable bonds is 5. The summed E-state index contributed by atoms with van der Waals surface area (Å²) in [6.45, 7) is 0.382. The molecule has 2 aromatic carbocycles. The molecule has 0 saturated heterocycles. The number of urea groups is 1. The van der Waals surface area contributed by atoms with Gasteiger partial charge in [-0.1, -0.05) is 47.5 Å². The van der Waals surface area contributed by atoms with E-state index in [2.05, 4.69) is 20.6 Å². The Morgan fingerprint density at radius 3 is 2.45 bits per heavy atom. The van der Waals surface area contributed by atoms with Gasteiger partial charge in [-0.05, 0) is 29.3 Å². The Morgan fingerprint density at radius 1 is 1.10 bits per heavy atom. The Morgan fingerprint density at radius 2 is 1.83 bits per heavy atom. The predicted octanol–water partition coefficient (Wildman–Crippen LogP) is 4.05. The molecule has 1 aliphatic rings. The van der Waals surface area contributed by atoms with E-state index in [1.807, 2.05) is 12.1 Å². The average molecular weight is 428 g/mol. The van der Waals surface area contributed by atoms with Crippen molar-refractivity contribution in [3.05, 3.63) is 81.1 Å². The molecule has 2 amide bonds. The number of amides is 2. The lowest BCUT2D eigenvalue weighted by atomic mass is 10.0. The van der Waals surface area contributed by atoms with Crippen molar-refractivity contribution in [1.82, 2.24) is 15.5 Å². The summed E-state index contributed by atoms with van der Waals surface area (Å²) in [6.07, 6.45) is 3.67. The molecule has 7 nitrogen and oxygen atoms in total. The van der Waals surface area contributed by atoms with Gasteiger partial charge in [-0.2, -0.15) is 15.2 Å². The van der Waals surface area contributed by atoms with E-state index in [0.717, 1.165) is 11.1 Å². The number of carbonyl (C=O) groups excluding carboxylic acids is 2. The Labute approximate surface area is 176 Å². The molecule has 1 aromatic heterocycles. The molecule has 9 heteroatoms. The molecular formula is C20H15Cl2N5O2. The third-order valence-corrected chi connectivity index (χ3v) is 5.11. The Bertz CT molecular complexity index is 1070. The molecule has 0 saturated carbocycles. The lowest BCUT2D eigenvalue weighted by Gasteiger charge is -2.22. The van der Waals surface area contributed by atoms with Gasteiger partial charge in [-0.25, -0.2) is 4.79 Å². The average Bonchev–Trinajstić information content (AvgIpc) is 3.26. The van der Waals surface area contributed by atoms with Crippen LogP contribution >= 0.6 is 23.2 Å². The molecule has 4 rings (SSSR count). The first kappa shape index (κ1) is 19.2. The van der Waals surface area contributed by atoms with Gasteiger partial charge in [0, 0.05) is 34.4 Å². The van der Waals surface area contributed by atoms with Crippen LogP contribution in [0.2, 0.25) is 10.0 Å². The molecule has 29 heavy (non-hydrogen) atoms. The van der Waals surface area contributed by atoms with E-state index in [-0.39, 0.29) is 11.8 Å². The number of hydrogen-bond acceptors (Lipinski definition) is 4. The number of aromatic nitrogens is 2. The van der Waals surface area contributed by atoms with Crippen molar-refractivity contribution in [3.8, 4) is 0 Å². The number of aromatic amines is 1. The summed E-state index contributed by atoms with van der Waals surface area (Å²) in [6, 6.07) is 11.8. The van der Waals surface area contributed by atoms with E-state index in [9.17, 15) is 9.59 Å². The zero-order valence-electron chi connectivity index (χ0n) is 15.0. The molecule has 1 aliphatic heterocycles. The van der Waals surface area contributed by atoms with Gasteiger partial charge in [0.05, 0.1) is 12.2 Å². The Hall–Kier alpha value is -3.16. The summed E-state index contributed by atoms with van der Waals surface area (Å²) >= 11 is 12.9. The summed E-state index contributed by atoms with van der Waals surface area (Å²) in [4.78, 5) is 24.3. The van der Waals surface area contributed by atoms with E-state index in [0.29, 0.717) is 40.0 Å². The molecule has 146 valence electrons. The fourth-order valence-corrected chi connectivity index (χ4v) is 3.57. The highest BCUT2D eigenvalue weighted by Crippen LogP contribution is 2.33. The van der Waals surface area contributed by atoms with Crippen LogP contribution in [0, 0.1) is 0 Å². The maximum absolute atomic E-state index is 12.3. The smallest absolute Gasteiger partial charge is 0.331 e. The molecule has 2 heterocycles. The molecule has 0 spiro atoms. The zero-order valence-corrected chi connectivity index (χ0v) is 16.5. The largest absolute Gasteiger partial charge is 0.342 e. The van der Waals surface area contributed by atoms with Crippen LogP contribution < -0.4 is 10.3 Å². The number of H-pyrrole nitrogens is 1. The fraction of sp³-hybridized carbons (Fsp3) is 0.100. The number of ketones is 1. The third-order valence-electron chi connectivity index (χ3n) is 4.43. The van der Waals surface area contributed by atoms with Crippen LogP contribution in [0.25, 0.3) is 0 Å². The van der Waals surface area contributed by atoms with Gasteiger partial charge >= 0.3 is 6.03 Å². The number of nitrogens with one attached hydrogen (secondary N) is 2. The normalized spacial score (nSPS) is 13.4. The van der Waals surface area contributed by atoms with E-state index in [4.69, 9.17) is 23.2 Å². The van der Waals surface area contributed by atoms with Crippen molar-refractivity contribution >= 4 is 46.9 Å². The molecule has 0 unspecified atom stereocenters. The lowest BCUT2D eigenvalue weighted by molar-refractivity contribution is 0.103.